The Morgan fingerprint density at radius 3 is 2.27 bits per heavy atom. The summed E-state index contributed by atoms with van der Waals surface area (Å²) in [5.74, 6) is 2.55. The van der Waals surface area contributed by atoms with Gasteiger partial charge in [0.1, 0.15) is 0 Å². The molecular formula is C10H11N. The van der Waals surface area contributed by atoms with E-state index >= 15 is 0 Å². The Morgan fingerprint density at radius 2 is 1.91 bits per heavy atom. The van der Waals surface area contributed by atoms with E-state index in [1.54, 1.807) is 0 Å². The molecule has 0 aliphatic rings. The first kappa shape index (κ1) is 7.84. The number of rotatable bonds is 1. The second-order valence-electron chi connectivity index (χ2n) is 2.56. The highest BCUT2D eigenvalue weighted by Crippen LogP contribution is 2.09. The van der Waals surface area contributed by atoms with Gasteiger partial charge in [0, 0.05) is 11.6 Å². The molecule has 1 heteroatoms. The largest absolute Gasteiger partial charge is 0.324 e. The Kier molecular flexibility index (Phi) is 2.30. The smallest absolute Gasteiger partial charge is 0.0266 e. The van der Waals surface area contributed by atoms with Crippen LogP contribution in [0, 0.1) is 12.3 Å². The minimum absolute atomic E-state index is 0.0850. The van der Waals surface area contributed by atoms with Crippen molar-refractivity contribution in [2.45, 2.75) is 13.0 Å². The summed E-state index contributed by atoms with van der Waals surface area (Å²) in [6, 6.07) is 7.80. The predicted molar refractivity (Wildman–Crippen MR) is 47.0 cm³/mol. The monoisotopic (exact) mass is 145 g/mol. The van der Waals surface area contributed by atoms with Crippen LogP contribution in [0.4, 0.5) is 0 Å². The molecule has 1 aromatic rings. The molecule has 0 amide bonds. The summed E-state index contributed by atoms with van der Waals surface area (Å²) in [6.07, 6.45) is 5.19. The molecule has 0 saturated heterocycles. The lowest BCUT2D eigenvalue weighted by molar-refractivity contribution is 0.818. The van der Waals surface area contributed by atoms with E-state index in [0.29, 0.717) is 0 Å². The van der Waals surface area contributed by atoms with Crippen LogP contribution in [0.15, 0.2) is 24.3 Å². The number of hydrogen-bond donors (Lipinski definition) is 1. The number of nitrogens with two attached hydrogens (primary N) is 1. The topological polar surface area (TPSA) is 26.0 Å². The molecule has 56 valence electrons. The van der Waals surface area contributed by atoms with E-state index in [1.807, 2.05) is 31.2 Å². The van der Waals surface area contributed by atoms with E-state index in [2.05, 4.69) is 5.92 Å². The van der Waals surface area contributed by atoms with Gasteiger partial charge in [-0.3, -0.25) is 0 Å². The summed E-state index contributed by atoms with van der Waals surface area (Å²) in [4.78, 5) is 0. The highest BCUT2D eigenvalue weighted by molar-refractivity contribution is 5.34. The highest BCUT2D eigenvalue weighted by Gasteiger charge is 1.96. The third-order valence-electron chi connectivity index (χ3n) is 1.60. The first-order chi connectivity index (χ1) is 5.24. The van der Waals surface area contributed by atoms with Crippen molar-refractivity contribution in [2.75, 3.05) is 0 Å². The molecule has 1 rings (SSSR count). The zero-order valence-electron chi connectivity index (χ0n) is 6.54. The van der Waals surface area contributed by atoms with Gasteiger partial charge in [0.2, 0.25) is 0 Å². The maximum Gasteiger partial charge on any atom is 0.0266 e. The van der Waals surface area contributed by atoms with Crippen LogP contribution in [0.3, 0.4) is 0 Å². The quantitative estimate of drug-likeness (QED) is 0.598. The van der Waals surface area contributed by atoms with Crippen LogP contribution in [0.25, 0.3) is 0 Å². The molecule has 0 unspecified atom stereocenters. The van der Waals surface area contributed by atoms with Crippen molar-refractivity contribution in [2.24, 2.45) is 5.73 Å². The van der Waals surface area contributed by atoms with Crippen LogP contribution in [-0.2, 0) is 0 Å². The molecule has 1 nitrogen and oxygen atoms in total. The Labute approximate surface area is 67.2 Å². The van der Waals surface area contributed by atoms with E-state index in [9.17, 15) is 0 Å². The van der Waals surface area contributed by atoms with Crippen LogP contribution >= 0.6 is 0 Å². The molecule has 0 fully saturated rings. The van der Waals surface area contributed by atoms with Crippen molar-refractivity contribution in [3.05, 3.63) is 35.4 Å². The fourth-order valence-corrected chi connectivity index (χ4v) is 0.883. The van der Waals surface area contributed by atoms with Crippen LogP contribution in [-0.4, -0.2) is 0 Å². The Hall–Kier alpha value is -1.26. The van der Waals surface area contributed by atoms with Crippen molar-refractivity contribution >= 4 is 0 Å². The van der Waals surface area contributed by atoms with Crippen molar-refractivity contribution in [1.29, 1.82) is 0 Å². The van der Waals surface area contributed by atoms with Gasteiger partial charge >= 0.3 is 0 Å². The summed E-state index contributed by atoms with van der Waals surface area (Å²) in [7, 11) is 0. The lowest BCUT2D eigenvalue weighted by atomic mass is 10.1. The van der Waals surface area contributed by atoms with Gasteiger partial charge in [-0.1, -0.05) is 18.1 Å². The molecule has 0 bridgehead atoms. The van der Waals surface area contributed by atoms with Crippen LogP contribution in [0.5, 0.6) is 0 Å². The van der Waals surface area contributed by atoms with Crippen molar-refractivity contribution in [3.63, 3.8) is 0 Å². The number of benzene rings is 1. The lowest BCUT2D eigenvalue weighted by Crippen LogP contribution is -2.04. The molecule has 0 radical (unpaired) electrons. The molecular weight excluding hydrogens is 134 g/mol. The maximum absolute atomic E-state index is 5.65. The molecule has 0 aliphatic carbocycles. The van der Waals surface area contributed by atoms with Crippen LogP contribution < -0.4 is 5.73 Å². The van der Waals surface area contributed by atoms with Crippen LogP contribution in [0.1, 0.15) is 24.1 Å². The average Bonchev–Trinajstić information content (AvgIpc) is 2.05. The Balaban J connectivity index is 2.94. The predicted octanol–water partition coefficient (Wildman–Crippen LogP) is 1.69. The van der Waals surface area contributed by atoms with Gasteiger partial charge in [-0.05, 0) is 24.6 Å². The van der Waals surface area contributed by atoms with Gasteiger partial charge in [-0.25, -0.2) is 0 Å². The van der Waals surface area contributed by atoms with Gasteiger partial charge in [-0.2, -0.15) is 0 Å². The van der Waals surface area contributed by atoms with E-state index in [4.69, 9.17) is 12.2 Å². The average molecular weight is 145 g/mol. The van der Waals surface area contributed by atoms with E-state index in [-0.39, 0.29) is 6.04 Å². The zero-order valence-corrected chi connectivity index (χ0v) is 6.54. The first-order valence-corrected chi connectivity index (χ1v) is 3.56. The molecule has 11 heavy (non-hydrogen) atoms. The summed E-state index contributed by atoms with van der Waals surface area (Å²) < 4.78 is 0. The normalized spacial score (nSPS) is 12.1. The van der Waals surface area contributed by atoms with E-state index in [1.165, 1.54) is 0 Å². The first-order valence-electron chi connectivity index (χ1n) is 3.56. The summed E-state index contributed by atoms with van der Waals surface area (Å²) in [6.45, 7) is 1.95. The minimum atomic E-state index is 0.0850. The fourth-order valence-electron chi connectivity index (χ4n) is 0.883. The zero-order chi connectivity index (χ0) is 8.27. The Bertz CT molecular complexity index is 264. The fraction of sp³-hybridized carbons (Fsp3) is 0.200. The van der Waals surface area contributed by atoms with Crippen LogP contribution in [0.2, 0.25) is 0 Å². The number of terminal acetylenes is 1. The highest BCUT2D eigenvalue weighted by atomic mass is 14.6. The third kappa shape index (κ3) is 1.83. The van der Waals surface area contributed by atoms with Crippen molar-refractivity contribution < 1.29 is 0 Å². The molecule has 0 aromatic heterocycles. The molecule has 0 saturated carbocycles. The maximum atomic E-state index is 5.65. The van der Waals surface area contributed by atoms with Crippen molar-refractivity contribution in [3.8, 4) is 12.3 Å². The molecule has 0 heterocycles. The molecule has 2 N–H and O–H groups in total. The Morgan fingerprint density at radius 1 is 1.36 bits per heavy atom. The van der Waals surface area contributed by atoms with Gasteiger partial charge in [-0.15, -0.1) is 6.42 Å². The van der Waals surface area contributed by atoms with Gasteiger partial charge < -0.3 is 5.73 Å². The van der Waals surface area contributed by atoms with E-state index in [0.717, 1.165) is 11.1 Å². The second kappa shape index (κ2) is 3.23. The number of hydrogen-bond acceptors (Lipinski definition) is 1. The van der Waals surface area contributed by atoms with Gasteiger partial charge in [0.05, 0.1) is 0 Å². The SMILES string of the molecule is C#Cc1ccc([C@H](C)N)cc1. The minimum Gasteiger partial charge on any atom is -0.324 e. The molecule has 1 atom stereocenters. The summed E-state index contributed by atoms with van der Waals surface area (Å²) in [5.41, 5.74) is 7.67. The van der Waals surface area contributed by atoms with Gasteiger partial charge in [0.15, 0.2) is 0 Å². The lowest BCUT2D eigenvalue weighted by Gasteiger charge is -2.03. The summed E-state index contributed by atoms with van der Waals surface area (Å²) >= 11 is 0. The second-order valence-corrected chi connectivity index (χ2v) is 2.56. The van der Waals surface area contributed by atoms with E-state index < -0.39 is 0 Å². The molecule has 1 aromatic carbocycles. The molecule has 0 aliphatic heterocycles. The summed E-state index contributed by atoms with van der Waals surface area (Å²) in [5, 5.41) is 0. The standard InChI is InChI=1S/C10H11N/c1-3-9-4-6-10(7-5-9)8(2)11/h1,4-8H,11H2,2H3/t8-/m0/s1. The van der Waals surface area contributed by atoms with Crippen molar-refractivity contribution in [1.82, 2.24) is 0 Å². The third-order valence-corrected chi connectivity index (χ3v) is 1.60. The molecule has 0 spiro atoms. The van der Waals surface area contributed by atoms with Gasteiger partial charge in [0.25, 0.3) is 0 Å².